The highest BCUT2D eigenvalue weighted by Gasteiger charge is 2.36. The van der Waals surface area contributed by atoms with Crippen molar-refractivity contribution in [1.29, 1.82) is 0 Å². The Morgan fingerprint density at radius 2 is 2.05 bits per heavy atom. The molecule has 1 heterocycles. The molecule has 1 aromatic heterocycles. The van der Waals surface area contributed by atoms with E-state index >= 15 is 0 Å². The van der Waals surface area contributed by atoms with Crippen LogP contribution in [0.15, 0.2) is 6.07 Å². The summed E-state index contributed by atoms with van der Waals surface area (Å²) in [6.07, 6.45) is 7.64. The third-order valence-electron chi connectivity index (χ3n) is 4.92. The largest absolute Gasteiger partial charge is 0.316 e. The Labute approximate surface area is 117 Å². The predicted octanol–water partition coefficient (Wildman–Crippen LogP) is 3.18. The molecule has 3 nitrogen and oxygen atoms in total. The van der Waals surface area contributed by atoms with Gasteiger partial charge in [0.2, 0.25) is 0 Å². The molecule has 1 saturated carbocycles. The Balaban J connectivity index is 2.15. The maximum absolute atomic E-state index is 4.67. The van der Waals surface area contributed by atoms with Crippen molar-refractivity contribution in [2.45, 2.75) is 71.9 Å². The lowest BCUT2D eigenvalue weighted by molar-refractivity contribution is 0.226. The molecule has 3 heteroatoms. The van der Waals surface area contributed by atoms with Crippen molar-refractivity contribution in [3.8, 4) is 0 Å². The minimum absolute atomic E-state index is 0.462. The first-order valence-corrected chi connectivity index (χ1v) is 7.85. The summed E-state index contributed by atoms with van der Waals surface area (Å²) in [4.78, 5) is 0. The van der Waals surface area contributed by atoms with Crippen LogP contribution in [0.1, 0.15) is 57.8 Å². The Morgan fingerprint density at radius 1 is 1.37 bits per heavy atom. The molecule has 0 saturated heterocycles. The molecule has 1 atom stereocenters. The van der Waals surface area contributed by atoms with E-state index in [9.17, 15) is 0 Å². The minimum atomic E-state index is 0.462. The fraction of sp³-hybridized carbons (Fsp3) is 0.812. The van der Waals surface area contributed by atoms with E-state index in [4.69, 9.17) is 0 Å². The van der Waals surface area contributed by atoms with Gasteiger partial charge in [-0.25, -0.2) is 0 Å². The maximum Gasteiger partial charge on any atom is 0.0624 e. The van der Waals surface area contributed by atoms with Crippen LogP contribution in [-0.2, 0) is 19.4 Å². The van der Waals surface area contributed by atoms with Crippen molar-refractivity contribution in [3.63, 3.8) is 0 Å². The standard InChI is InChI=1S/C16H29N3/c1-5-13-11-14(19(6-2)18-13)12-15(17-4)16(3)9-7-8-10-16/h11,15,17H,5-10,12H2,1-4H3. The quantitative estimate of drug-likeness (QED) is 0.854. The summed E-state index contributed by atoms with van der Waals surface area (Å²) in [6, 6.07) is 2.87. The third kappa shape index (κ3) is 3.02. The SMILES string of the molecule is CCc1cc(CC(NC)C2(C)CCCC2)n(CC)n1. The van der Waals surface area contributed by atoms with Gasteiger partial charge in [-0.2, -0.15) is 5.10 Å². The zero-order valence-electron chi connectivity index (χ0n) is 13.0. The second-order valence-corrected chi connectivity index (χ2v) is 6.20. The topological polar surface area (TPSA) is 29.9 Å². The van der Waals surface area contributed by atoms with Crippen LogP contribution in [0.3, 0.4) is 0 Å². The lowest BCUT2D eigenvalue weighted by atomic mass is 9.78. The summed E-state index contributed by atoms with van der Waals surface area (Å²) < 4.78 is 2.18. The van der Waals surface area contributed by atoms with Crippen molar-refractivity contribution < 1.29 is 0 Å². The van der Waals surface area contributed by atoms with E-state index in [-0.39, 0.29) is 0 Å². The number of nitrogens with zero attached hydrogens (tertiary/aromatic N) is 2. The molecule has 1 aromatic rings. The first-order chi connectivity index (χ1) is 9.12. The Hall–Kier alpha value is -0.830. The zero-order valence-corrected chi connectivity index (χ0v) is 13.0. The average Bonchev–Trinajstić information content (AvgIpc) is 3.02. The number of likely N-dealkylation sites (N-methyl/N-ethyl adjacent to an activating group) is 1. The molecular formula is C16H29N3. The van der Waals surface area contributed by atoms with Gasteiger partial charge < -0.3 is 5.32 Å². The van der Waals surface area contributed by atoms with Gasteiger partial charge in [-0.15, -0.1) is 0 Å². The average molecular weight is 263 g/mol. The van der Waals surface area contributed by atoms with E-state index in [0.717, 1.165) is 19.4 Å². The first-order valence-electron chi connectivity index (χ1n) is 7.85. The summed E-state index contributed by atoms with van der Waals surface area (Å²) in [5.74, 6) is 0. The Morgan fingerprint density at radius 3 is 2.58 bits per heavy atom. The molecule has 108 valence electrons. The molecule has 0 radical (unpaired) electrons. The van der Waals surface area contributed by atoms with Gasteiger partial charge in [0.25, 0.3) is 0 Å². The molecule has 0 amide bonds. The van der Waals surface area contributed by atoms with Crippen LogP contribution < -0.4 is 5.32 Å². The highest BCUT2D eigenvalue weighted by atomic mass is 15.3. The van der Waals surface area contributed by atoms with Crippen LogP contribution in [0.5, 0.6) is 0 Å². The van der Waals surface area contributed by atoms with Crippen LogP contribution in [-0.4, -0.2) is 22.9 Å². The lowest BCUT2D eigenvalue weighted by Crippen LogP contribution is -2.42. The molecule has 1 aliphatic rings. The van der Waals surface area contributed by atoms with Crippen LogP contribution >= 0.6 is 0 Å². The maximum atomic E-state index is 4.67. The second kappa shape index (κ2) is 6.08. The van der Waals surface area contributed by atoms with Gasteiger partial charge in [0, 0.05) is 24.7 Å². The highest BCUT2D eigenvalue weighted by Crippen LogP contribution is 2.41. The summed E-state index contributed by atoms with van der Waals surface area (Å²) in [7, 11) is 2.11. The van der Waals surface area contributed by atoms with Gasteiger partial charge in [-0.1, -0.05) is 26.7 Å². The molecule has 2 rings (SSSR count). The summed E-state index contributed by atoms with van der Waals surface area (Å²) in [5, 5.41) is 8.24. The highest BCUT2D eigenvalue weighted by molar-refractivity contribution is 5.13. The van der Waals surface area contributed by atoms with Gasteiger partial charge in [0.05, 0.1) is 5.69 Å². The first kappa shape index (κ1) is 14.6. The molecule has 0 aromatic carbocycles. The second-order valence-electron chi connectivity index (χ2n) is 6.20. The van der Waals surface area contributed by atoms with Gasteiger partial charge in [0.1, 0.15) is 0 Å². The van der Waals surface area contributed by atoms with Crippen LogP contribution in [0.2, 0.25) is 0 Å². The number of hydrogen-bond donors (Lipinski definition) is 1. The molecule has 0 bridgehead atoms. The van der Waals surface area contributed by atoms with Gasteiger partial charge in [-0.3, -0.25) is 4.68 Å². The third-order valence-corrected chi connectivity index (χ3v) is 4.92. The van der Waals surface area contributed by atoms with Crippen LogP contribution in [0.25, 0.3) is 0 Å². The minimum Gasteiger partial charge on any atom is -0.316 e. The van der Waals surface area contributed by atoms with Crippen molar-refractivity contribution >= 4 is 0 Å². The van der Waals surface area contributed by atoms with E-state index < -0.39 is 0 Å². The van der Waals surface area contributed by atoms with E-state index in [2.05, 4.69) is 49.0 Å². The number of nitrogens with one attached hydrogen (secondary N) is 1. The van der Waals surface area contributed by atoms with Crippen LogP contribution in [0.4, 0.5) is 0 Å². The Bertz CT molecular complexity index is 402. The summed E-state index contributed by atoms with van der Waals surface area (Å²) in [5.41, 5.74) is 3.08. The summed E-state index contributed by atoms with van der Waals surface area (Å²) >= 11 is 0. The van der Waals surface area contributed by atoms with E-state index in [1.807, 2.05) is 0 Å². The molecule has 1 aliphatic carbocycles. The predicted molar refractivity (Wildman–Crippen MR) is 80.4 cm³/mol. The molecule has 0 spiro atoms. The Kier molecular flexibility index (Phi) is 4.67. The van der Waals surface area contributed by atoms with Gasteiger partial charge in [0.15, 0.2) is 0 Å². The fourth-order valence-electron chi connectivity index (χ4n) is 3.56. The van der Waals surface area contributed by atoms with Crippen molar-refractivity contribution in [3.05, 3.63) is 17.5 Å². The van der Waals surface area contributed by atoms with Crippen molar-refractivity contribution in [1.82, 2.24) is 15.1 Å². The zero-order chi connectivity index (χ0) is 13.9. The normalized spacial score (nSPS) is 19.8. The molecular weight excluding hydrogens is 234 g/mol. The van der Waals surface area contributed by atoms with Crippen LogP contribution in [0, 0.1) is 5.41 Å². The molecule has 19 heavy (non-hydrogen) atoms. The van der Waals surface area contributed by atoms with Gasteiger partial charge >= 0.3 is 0 Å². The lowest BCUT2D eigenvalue weighted by Gasteiger charge is -2.34. The molecule has 0 aliphatic heterocycles. The number of aromatic nitrogens is 2. The van der Waals surface area contributed by atoms with E-state index in [0.29, 0.717) is 11.5 Å². The molecule has 1 N–H and O–H groups in total. The van der Waals surface area contributed by atoms with Crippen molar-refractivity contribution in [2.24, 2.45) is 5.41 Å². The number of aryl methyl sites for hydroxylation is 2. The van der Waals surface area contributed by atoms with E-state index in [1.165, 1.54) is 37.1 Å². The van der Waals surface area contributed by atoms with Gasteiger partial charge in [-0.05, 0) is 44.7 Å². The number of rotatable bonds is 6. The fourth-order valence-corrected chi connectivity index (χ4v) is 3.56. The smallest absolute Gasteiger partial charge is 0.0624 e. The monoisotopic (exact) mass is 263 g/mol. The molecule has 1 unspecified atom stereocenters. The summed E-state index contributed by atoms with van der Waals surface area (Å²) in [6.45, 7) is 7.79. The van der Waals surface area contributed by atoms with Crippen molar-refractivity contribution in [2.75, 3.05) is 7.05 Å². The molecule has 1 fully saturated rings. The van der Waals surface area contributed by atoms with E-state index in [1.54, 1.807) is 0 Å². The number of hydrogen-bond acceptors (Lipinski definition) is 2.